The van der Waals surface area contributed by atoms with Gasteiger partial charge in [0.1, 0.15) is 0 Å². The second-order valence-electron chi connectivity index (χ2n) is 11.7. The quantitative estimate of drug-likeness (QED) is 0.570. The lowest BCUT2D eigenvalue weighted by atomic mass is 9.71. The molecule has 0 N–H and O–H groups in total. The number of carbonyl (C=O) groups excluding carboxylic acids is 1. The van der Waals surface area contributed by atoms with Crippen molar-refractivity contribution in [3.05, 3.63) is 40.3 Å². The summed E-state index contributed by atoms with van der Waals surface area (Å²) in [5, 5.41) is 0. The van der Waals surface area contributed by atoms with E-state index in [1.807, 2.05) is 28.8 Å². The van der Waals surface area contributed by atoms with Crippen LogP contribution in [0.2, 0.25) is 0 Å². The van der Waals surface area contributed by atoms with Crippen LogP contribution in [0.4, 0.5) is 0 Å². The molecule has 2 bridgehead atoms. The molecule has 0 spiro atoms. The second kappa shape index (κ2) is 9.10. The van der Waals surface area contributed by atoms with E-state index in [0.29, 0.717) is 29.1 Å². The zero-order chi connectivity index (χ0) is 24.0. The molecule has 1 unspecified atom stereocenters. The zero-order valence-corrected chi connectivity index (χ0v) is 21.1. The standard InChI is InChI=1S/C28H39N3O3/c1-5-34-27(33)25-26(32)31(24-9-7-6-8-23(24)29-25)22-16-20-14-15-21(17-22)30(20)19-12-10-18(11-13-19)28(2,3)4/h6-9,18-22H,5,10-17H2,1-4H3/t18?,19?,20-,21+,22?. The zero-order valence-electron chi connectivity index (χ0n) is 21.1. The molecule has 0 radical (unpaired) electrons. The minimum atomic E-state index is -0.622. The van der Waals surface area contributed by atoms with Crippen molar-refractivity contribution in [1.29, 1.82) is 0 Å². The number of piperidine rings is 1. The van der Waals surface area contributed by atoms with E-state index in [4.69, 9.17) is 4.74 Å². The van der Waals surface area contributed by atoms with Crippen molar-refractivity contribution in [3.63, 3.8) is 0 Å². The number of carbonyl (C=O) groups is 1. The number of benzene rings is 1. The highest BCUT2D eigenvalue weighted by atomic mass is 16.5. The van der Waals surface area contributed by atoms with Gasteiger partial charge in [-0.3, -0.25) is 9.69 Å². The van der Waals surface area contributed by atoms with Crippen LogP contribution < -0.4 is 5.56 Å². The molecule has 5 rings (SSSR count). The van der Waals surface area contributed by atoms with Crippen molar-refractivity contribution in [2.24, 2.45) is 11.3 Å². The smallest absolute Gasteiger partial charge is 0.362 e. The van der Waals surface area contributed by atoms with Gasteiger partial charge in [-0.2, -0.15) is 0 Å². The highest BCUT2D eigenvalue weighted by Gasteiger charge is 2.46. The third-order valence-electron chi connectivity index (χ3n) is 8.74. The van der Waals surface area contributed by atoms with Crippen LogP contribution >= 0.6 is 0 Å². The molecule has 2 aliphatic heterocycles. The van der Waals surface area contributed by atoms with Crippen LogP contribution in [0.25, 0.3) is 11.0 Å². The number of hydrogen-bond donors (Lipinski definition) is 0. The molecule has 2 aromatic rings. The lowest BCUT2D eigenvalue weighted by Crippen LogP contribution is -2.51. The number of aromatic nitrogens is 2. The average Bonchev–Trinajstić information content (AvgIpc) is 3.07. The fourth-order valence-corrected chi connectivity index (χ4v) is 7.08. The van der Waals surface area contributed by atoms with Crippen LogP contribution in [0, 0.1) is 11.3 Å². The number of esters is 1. The monoisotopic (exact) mass is 465 g/mol. The largest absolute Gasteiger partial charge is 0.461 e. The predicted molar refractivity (Wildman–Crippen MR) is 134 cm³/mol. The van der Waals surface area contributed by atoms with Gasteiger partial charge in [-0.05, 0) is 81.8 Å². The summed E-state index contributed by atoms with van der Waals surface area (Å²) < 4.78 is 7.03. The molecule has 3 fully saturated rings. The molecule has 3 aliphatic rings. The third kappa shape index (κ3) is 4.19. The minimum Gasteiger partial charge on any atom is -0.461 e. The summed E-state index contributed by atoms with van der Waals surface area (Å²) in [4.78, 5) is 33.3. The topological polar surface area (TPSA) is 64.4 Å². The maximum atomic E-state index is 13.5. The summed E-state index contributed by atoms with van der Waals surface area (Å²) in [5.74, 6) is 0.199. The van der Waals surface area contributed by atoms with Crippen molar-refractivity contribution in [2.45, 2.75) is 103 Å². The van der Waals surface area contributed by atoms with Crippen molar-refractivity contribution in [1.82, 2.24) is 14.5 Å². The molecule has 1 saturated carbocycles. The molecule has 1 aromatic carbocycles. The van der Waals surface area contributed by atoms with E-state index in [0.717, 1.165) is 24.3 Å². The van der Waals surface area contributed by atoms with Crippen molar-refractivity contribution in [3.8, 4) is 0 Å². The van der Waals surface area contributed by atoms with Crippen LogP contribution in [0.1, 0.15) is 95.6 Å². The van der Waals surface area contributed by atoms with Crippen molar-refractivity contribution >= 4 is 17.0 Å². The van der Waals surface area contributed by atoms with Gasteiger partial charge in [0.15, 0.2) is 0 Å². The van der Waals surface area contributed by atoms with Crippen LogP contribution in [0.5, 0.6) is 0 Å². The van der Waals surface area contributed by atoms with E-state index in [2.05, 4.69) is 30.7 Å². The summed E-state index contributed by atoms with van der Waals surface area (Å²) in [6.45, 7) is 9.13. The van der Waals surface area contributed by atoms with Crippen molar-refractivity contribution in [2.75, 3.05) is 6.61 Å². The van der Waals surface area contributed by atoms with E-state index in [9.17, 15) is 9.59 Å². The molecule has 34 heavy (non-hydrogen) atoms. The minimum absolute atomic E-state index is 0.0872. The van der Waals surface area contributed by atoms with Gasteiger partial charge in [0.05, 0.1) is 17.6 Å². The Morgan fingerprint density at radius 2 is 1.59 bits per heavy atom. The highest BCUT2D eigenvalue weighted by molar-refractivity contribution is 5.89. The Bertz CT molecular complexity index is 1100. The molecule has 3 atom stereocenters. The molecule has 0 amide bonds. The first-order valence-corrected chi connectivity index (χ1v) is 13.2. The van der Waals surface area contributed by atoms with E-state index >= 15 is 0 Å². The Hall–Kier alpha value is -2.21. The summed E-state index contributed by atoms with van der Waals surface area (Å²) in [5.41, 5.74) is 1.51. The van der Waals surface area contributed by atoms with Gasteiger partial charge in [-0.1, -0.05) is 32.9 Å². The molecule has 3 heterocycles. The summed E-state index contributed by atoms with van der Waals surface area (Å²) >= 11 is 0. The van der Waals surface area contributed by atoms with Gasteiger partial charge in [0, 0.05) is 24.2 Å². The third-order valence-corrected chi connectivity index (χ3v) is 8.74. The molecule has 1 aliphatic carbocycles. The first-order chi connectivity index (χ1) is 16.3. The Kier molecular flexibility index (Phi) is 6.30. The van der Waals surface area contributed by atoms with Crippen molar-refractivity contribution < 1.29 is 9.53 Å². The first-order valence-electron chi connectivity index (χ1n) is 13.2. The number of ether oxygens (including phenoxy) is 1. The molecule has 6 nitrogen and oxygen atoms in total. The van der Waals surface area contributed by atoms with Crippen LogP contribution in [0.3, 0.4) is 0 Å². The fraction of sp³-hybridized carbons (Fsp3) is 0.679. The molecule has 1 aromatic heterocycles. The van der Waals surface area contributed by atoms with Crippen LogP contribution in [0.15, 0.2) is 29.1 Å². The Balaban J connectivity index is 1.41. The van der Waals surface area contributed by atoms with Crippen LogP contribution in [-0.4, -0.2) is 45.2 Å². The van der Waals surface area contributed by atoms with E-state index < -0.39 is 5.97 Å². The van der Waals surface area contributed by atoms with Gasteiger partial charge in [-0.15, -0.1) is 0 Å². The average molecular weight is 466 g/mol. The predicted octanol–water partition coefficient (Wildman–Crippen LogP) is 5.35. The van der Waals surface area contributed by atoms with Gasteiger partial charge in [0.2, 0.25) is 5.69 Å². The molecular weight excluding hydrogens is 426 g/mol. The SMILES string of the molecule is CCOC(=O)c1nc2ccccc2n(C2C[C@H]3CC[C@@H](C2)N3C2CCC(C(C)(C)C)CC2)c1=O. The lowest BCUT2D eigenvalue weighted by Gasteiger charge is -2.47. The first kappa shape index (κ1) is 23.5. The Morgan fingerprint density at radius 3 is 2.21 bits per heavy atom. The summed E-state index contributed by atoms with van der Waals surface area (Å²) in [7, 11) is 0. The van der Waals surface area contributed by atoms with Gasteiger partial charge < -0.3 is 9.30 Å². The number of rotatable bonds is 4. The van der Waals surface area contributed by atoms with Gasteiger partial charge in [0.25, 0.3) is 5.56 Å². The fourth-order valence-electron chi connectivity index (χ4n) is 7.08. The van der Waals surface area contributed by atoms with E-state index in [1.165, 1.54) is 38.5 Å². The Morgan fingerprint density at radius 1 is 0.971 bits per heavy atom. The number of hydrogen-bond acceptors (Lipinski definition) is 5. The molecule has 2 saturated heterocycles. The lowest BCUT2D eigenvalue weighted by molar-refractivity contribution is 0.0248. The highest BCUT2D eigenvalue weighted by Crippen LogP contribution is 2.46. The van der Waals surface area contributed by atoms with E-state index in [1.54, 1.807) is 6.92 Å². The maximum Gasteiger partial charge on any atom is 0.362 e. The van der Waals surface area contributed by atoms with E-state index in [-0.39, 0.29) is 23.9 Å². The summed E-state index contributed by atoms with van der Waals surface area (Å²) in [6, 6.07) is 9.49. The molecule has 184 valence electrons. The number of nitrogens with zero attached hydrogens (tertiary/aromatic N) is 3. The van der Waals surface area contributed by atoms with Crippen LogP contribution in [-0.2, 0) is 4.74 Å². The summed E-state index contributed by atoms with van der Waals surface area (Å²) in [6.07, 6.45) is 9.59. The number of para-hydroxylation sites is 2. The Labute approximate surface area is 202 Å². The second-order valence-corrected chi connectivity index (χ2v) is 11.7. The maximum absolute atomic E-state index is 13.5. The molecular formula is C28H39N3O3. The number of fused-ring (bicyclic) bond motifs is 3. The normalized spacial score (nSPS) is 29.9. The molecule has 6 heteroatoms. The van der Waals surface area contributed by atoms with Gasteiger partial charge >= 0.3 is 5.97 Å². The van der Waals surface area contributed by atoms with Gasteiger partial charge in [-0.25, -0.2) is 9.78 Å².